The van der Waals surface area contributed by atoms with Crippen molar-refractivity contribution in [1.29, 1.82) is 0 Å². The zero-order chi connectivity index (χ0) is 27.4. The zero-order valence-corrected chi connectivity index (χ0v) is 20.7. The Kier molecular flexibility index (Phi) is 7.53. The predicted molar refractivity (Wildman–Crippen MR) is 139 cm³/mol. The number of methoxy groups -OCH3 is 1. The van der Waals surface area contributed by atoms with Crippen LogP contribution in [0.15, 0.2) is 63.2 Å². The lowest BCUT2D eigenvalue weighted by atomic mass is 10.1. The van der Waals surface area contributed by atoms with Crippen molar-refractivity contribution < 1.29 is 19.5 Å². The Bertz CT molecular complexity index is 1600. The minimum Gasteiger partial charge on any atom is -0.497 e. The summed E-state index contributed by atoms with van der Waals surface area (Å²) in [7, 11) is 3.01. The van der Waals surface area contributed by atoms with Crippen molar-refractivity contribution >= 4 is 28.5 Å². The molecule has 0 saturated heterocycles. The number of aliphatic hydroxyl groups excluding tert-OH is 1. The van der Waals surface area contributed by atoms with Crippen molar-refractivity contribution in [3.63, 3.8) is 0 Å². The maximum absolute atomic E-state index is 12.7. The minimum absolute atomic E-state index is 0.0534. The van der Waals surface area contributed by atoms with Gasteiger partial charge in [0.1, 0.15) is 24.2 Å². The quantitative estimate of drug-likeness (QED) is 0.158. The second-order valence-electron chi connectivity index (χ2n) is 8.29. The summed E-state index contributed by atoms with van der Waals surface area (Å²) in [5.74, 6) is 1.27. The Balaban J connectivity index is 1.61. The predicted octanol–water partition coefficient (Wildman–Crippen LogP) is 1.62. The van der Waals surface area contributed by atoms with Crippen molar-refractivity contribution in [2.75, 3.05) is 19.1 Å². The van der Waals surface area contributed by atoms with Gasteiger partial charge in [0.15, 0.2) is 11.2 Å². The van der Waals surface area contributed by atoms with E-state index in [2.05, 4.69) is 20.5 Å². The summed E-state index contributed by atoms with van der Waals surface area (Å²) < 4.78 is 13.3. The number of ether oxygens (including phenoxy) is 2. The second-order valence-corrected chi connectivity index (χ2v) is 8.29. The van der Waals surface area contributed by atoms with Crippen LogP contribution >= 0.6 is 0 Å². The fraction of sp³-hybridized carbons (Fsp3) is 0.250. The summed E-state index contributed by atoms with van der Waals surface area (Å²) in [6, 6.07) is 12.7. The summed E-state index contributed by atoms with van der Waals surface area (Å²) >= 11 is 0. The lowest BCUT2D eigenvalue weighted by Gasteiger charge is -2.15. The Morgan fingerprint density at radius 3 is 2.47 bits per heavy atom. The molecule has 14 heteroatoms. The standard InChI is InChI=1S/C24H25N7O7/c1-14(15-4-6-16(7-5-15)31(35)36)27-28-23-25-21-20(22(33)26-24(34)29(21)2)30(23)12-17(32)13-38-19-10-8-18(37-3)9-11-19/h4-11,17,32H,12-13H2,1-3H3,(H,25,28)(H,26,33,34)/b27-14-. The fourth-order valence-electron chi connectivity index (χ4n) is 3.65. The minimum atomic E-state index is -1.06. The number of aliphatic hydroxyl groups is 1. The van der Waals surface area contributed by atoms with E-state index in [0.717, 1.165) is 0 Å². The normalized spacial score (nSPS) is 12.4. The van der Waals surface area contributed by atoms with Crippen LogP contribution in [-0.4, -0.2) is 54.7 Å². The largest absolute Gasteiger partial charge is 0.497 e. The van der Waals surface area contributed by atoms with E-state index < -0.39 is 22.3 Å². The molecule has 14 nitrogen and oxygen atoms in total. The molecule has 1 atom stereocenters. The van der Waals surface area contributed by atoms with E-state index in [1.54, 1.807) is 50.4 Å². The molecule has 1 unspecified atom stereocenters. The van der Waals surface area contributed by atoms with Gasteiger partial charge in [-0.2, -0.15) is 10.1 Å². The van der Waals surface area contributed by atoms with Crippen molar-refractivity contribution in [1.82, 2.24) is 19.1 Å². The molecular formula is C24H25N7O7. The number of nitro benzene ring substituents is 1. The number of hydrogen-bond acceptors (Lipinski definition) is 10. The Morgan fingerprint density at radius 2 is 1.84 bits per heavy atom. The summed E-state index contributed by atoms with van der Waals surface area (Å²) in [5, 5.41) is 25.9. The first-order chi connectivity index (χ1) is 18.2. The molecule has 0 amide bonds. The van der Waals surface area contributed by atoms with Gasteiger partial charge in [-0.3, -0.25) is 24.5 Å². The summed E-state index contributed by atoms with van der Waals surface area (Å²) in [4.78, 5) is 41.8. The number of H-pyrrole nitrogens is 1. The maximum atomic E-state index is 12.7. The lowest BCUT2D eigenvalue weighted by molar-refractivity contribution is -0.384. The first kappa shape index (κ1) is 26.1. The highest BCUT2D eigenvalue weighted by Gasteiger charge is 2.20. The maximum Gasteiger partial charge on any atom is 0.329 e. The topological polar surface area (TPSA) is 179 Å². The van der Waals surface area contributed by atoms with E-state index in [9.17, 15) is 24.8 Å². The van der Waals surface area contributed by atoms with Crippen LogP contribution in [0.1, 0.15) is 12.5 Å². The number of fused-ring (bicyclic) bond motifs is 1. The number of anilines is 1. The molecule has 38 heavy (non-hydrogen) atoms. The van der Waals surface area contributed by atoms with Crippen molar-refractivity contribution in [3.05, 3.63) is 85.0 Å². The van der Waals surface area contributed by atoms with Crippen LogP contribution in [0.2, 0.25) is 0 Å². The number of hydrazone groups is 1. The first-order valence-corrected chi connectivity index (χ1v) is 11.4. The molecule has 0 fully saturated rings. The van der Waals surface area contributed by atoms with Gasteiger partial charge in [0.05, 0.1) is 24.3 Å². The van der Waals surface area contributed by atoms with Crippen LogP contribution < -0.4 is 26.1 Å². The average Bonchev–Trinajstić information content (AvgIpc) is 3.28. The van der Waals surface area contributed by atoms with Crippen LogP contribution in [0.3, 0.4) is 0 Å². The van der Waals surface area contributed by atoms with Crippen LogP contribution in [0.5, 0.6) is 11.5 Å². The third-order valence-corrected chi connectivity index (χ3v) is 5.72. The van der Waals surface area contributed by atoms with Gasteiger partial charge in [0, 0.05) is 19.2 Å². The van der Waals surface area contributed by atoms with Crippen LogP contribution in [0, 0.1) is 10.1 Å². The molecule has 0 spiro atoms. The Labute approximate surface area is 214 Å². The van der Waals surface area contributed by atoms with Gasteiger partial charge in [-0.25, -0.2) is 10.2 Å². The van der Waals surface area contributed by atoms with Gasteiger partial charge in [-0.05, 0) is 48.9 Å². The molecule has 0 bridgehead atoms. The van der Waals surface area contributed by atoms with Crippen molar-refractivity contribution in [3.8, 4) is 11.5 Å². The molecule has 2 aromatic heterocycles. The number of rotatable bonds is 10. The number of imidazole rings is 1. The van der Waals surface area contributed by atoms with Gasteiger partial charge in [-0.15, -0.1) is 0 Å². The van der Waals surface area contributed by atoms with Crippen LogP contribution in [-0.2, 0) is 13.6 Å². The van der Waals surface area contributed by atoms with Crippen LogP contribution in [0.4, 0.5) is 11.6 Å². The molecule has 4 aromatic rings. The number of benzene rings is 2. The van der Waals surface area contributed by atoms with E-state index in [4.69, 9.17) is 9.47 Å². The summed E-state index contributed by atoms with van der Waals surface area (Å²) in [6.07, 6.45) is -1.06. The van der Waals surface area contributed by atoms with E-state index in [1.807, 2.05) is 0 Å². The number of non-ortho nitro benzene ring substituents is 1. The summed E-state index contributed by atoms with van der Waals surface area (Å²) in [5.41, 5.74) is 2.64. The molecule has 0 aliphatic rings. The number of hydrogen-bond donors (Lipinski definition) is 3. The Hall–Kier alpha value is -4.98. The van der Waals surface area contributed by atoms with Gasteiger partial charge in [-0.1, -0.05) is 0 Å². The smallest absolute Gasteiger partial charge is 0.329 e. The van der Waals surface area contributed by atoms with Crippen molar-refractivity contribution in [2.24, 2.45) is 12.1 Å². The van der Waals surface area contributed by atoms with E-state index in [0.29, 0.717) is 22.8 Å². The molecule has 4 rings (SSSR count). The number of nitro groups is 1. The fourth-order valence-corrected chi connectivity index (χ4v) is 3.65. The Morgan fingerprint density at radius 1 is 1.18 bits per heavy atom. The number of nitrogens with zero attached hydrogens (tertiary/aromatic N) is 5. The SMILES string of the molecule is COc1ccc(OCC(O)Cn2c(N/N=C(/C)c3ccc([N+](=O)[O-])cc3)nc3c2c(=O)[nH]c(=O)n3C)cc1. The highest BCUT2D eigenvalue weighted by molar-refractivity contribution is 5.99. The van der Waals surface area contributed by atoms with E-state index in [1.165, 1.54) is 28.3 Å². The first-order valence-electron chi connectivity index (χ1n) is 11.4. The number of nitrogens with one attached hydrogen (secondary N) is 2. The molecular weight excluding hydrogens is 498 g/mol. The third-order valence-electron chi connectivity index (χ3n) is 5.72. The molecule has 3 N–H and O–H groups in total. The number of aromatic amines is 1. The third kappa shape index (κ3) is 5.54. The van der Waals surface area contributed by atoms with Gasteiger partial charge < -0.3 is 19.1 Å². The zero-order valence-electron chi connectivity index (χ0n) is 20.7. The van der Waals surface area contributed by atoms with Crippen molar-refractivity contribution in [2.45, 2.75) is 19.6 Å². The monoisotopic (exact) mass is 523 g/mol. The molecule has 0 saturated carbocycles. The molecule has 2 aromatic carbocycles. The highest BCUT2D eigenvalue weighted by atomic mass is 16.6. The molecule has 2 heterocycles. The van der Waals surface area contributed by atoms with Gasteiger partial charge in [0.25, 0.3) is 11.2 Å². The molecule has 198 valence electrons. The molecule has 0 radical (unpaired) electrons. The summed E-state index contributed by atoms with van der Waals surface area (Å²) in [6.45, 7) is 1.48. The molecule has 0 aliphatic carbocycles. The van der Waals surface area contributed by atoms with E-state index in [-0.39, 0.29) is 36.0 Å². The number of aryl methyl sites for hydroxylation is 1. The van der Waals surface area contributed by atoms with Gasteiger partial charge >= 0.3 is 5.69 Å². The highest BCUT2D eigenvalue weighted by Crippen LogP contribution is 2.19. The van der Waals surface area contributed by atoms with E-state index >= 15 is 0 Å². The van der Waals surface area contributed by atoms with Gasteiger partial charge in [0.2, 0.25) is 5.95 Å². The molecule has 0 aliphatic heterocycles. The second kappa shape index (κ2) is 11.0. The average molecular weight is 524 g/mol. The van der Waals surface area contributed by atoms with Crippen LogP contribution in [0.25, 0.3) is 11.2 Å². The lowest BCUT2D eigenvalue weighted by Crippen LogP contribution is -2.30. The number of aromatic nitrogens is 4.